The van der Waals surface area contributed by atoms with Gasteiger partial charge in [0, 0.05) is 30.6 Å². The number of carbonyl (C=O) groups is 1. The van der Waals surface area contributed by atoms with Crippen LogP contribution in [0.4, 0.5) is 5.69 Å². The Morgan fingerprint density at radius 1 is 1.25 bits per heavy atom. The first-order valence-electron chi connectivity index (χ1n) is 8.53. The molecular formula is C19H18N6O3. The average Bonchev–Trinajstić information content (AvgIpc) is 3.31. The Labute approximate surface area is 160 Å². The number of aliphatic hydroxyl groups excluding tert-OH is 1. The highest BCUT2D eigenvalue weighted by Gasteiger charge is 2.23. The molecule has 1 aromatic carbocycles. The van der Waals surface area contributed by atoms with Gasteiger partial charge in [0.05, 0.1) is 13.3 Å². The van der Waals surface area contributed by atoms with E-state index in [1.807, 2.05) is 30.3 Å². The zero-order valence-electron chi connectivity index (χ0n) is 15.3. The number of anilines is 1. The first-order valence-corrected chi connectivity index (χ1v) is 8.53. The molecule has 0 spiro atoms. The van der Waals surface area contributed by atoms with E-state index in [1.165, 1.54) is 18.0 Å². The molecule has 4 aromatic rings. The predicted molar refractivity (Wildman–Crippen MR) is 102 cm³/mol. The van der Waals surface area contributed by atoms with Crippen LogP contribution >= 0.6 is 0 Å². The molecule has 0 radical (unpaired) electrons. The van der Waals surface area contributed by atoms with Gasteiger partial charge < -0.3 is 15.2 Å². The van der Waals surface area contributed by atoms with Gasteiger partial charge >= 0.3 is 5.97 Å². The molecule has 9 nitrogen and oxygen atoms in total. The molecule has 2 N–H and O–H groups in total. The van der Waals surface area contributed by atoms with Crippen LogP contribution in [0, 0.1) is 0 Å². The van der Waals surface area contributed by atoms with Crippen molar-refractivity contribution in [2.75, 3.05) is 12.4 Å². The summed E-state index contributed by atoms with van der Waals surface area (Å²) >= 11 is 0. The quantitative estimate of drug-likeness (QED) is 0.404. The summed E-state index contributed by atoms with van der Waals surface area (Å²) in [5.41, 5.74) is 2.65. The van der Waals surface area contributed by atoms with Crippen molar-refractivity contribution in [3.63, 3.8) is 0 Å². The lowest BCUT2D eigenvalue weighted by Gasteiger charge is -2.16. The molecule has 0 amide bonds. The molecule has 1 unspecified atom stereocenters. The highest BCUT2D eigenvalue weighted by molar-refractivity contribution is 5.90. The number of nitrogens with zero attached hydrogens (tertiary/aromatic N) is 5. The van der Waals surface area contributed by atoms with Crippen molar-refractivity contribution in [3.05, 3.63) is 66.1 Å². The largest absolute Gasteiger partial charge is 0.465 e. The van der Waals surface area contributed by atoms with E-state index in [-0.39, 0.29) is 5.56 Å². The van der Waals surface area contributed by atoms with Crippen molar-refractivity contribution in [1.29, 1.82) is 0 Å². The number of methoxy groups -OCH3 is 1. The Kier molecular flexibility index (Phi) is 4.50. The number of hydrogen-bond donors (Lipinski definition) is 2. The minimum atomic E-state index is -1.17. The average molecular weight is 378 g/mol. The van der Waals surface area contributed by atoms with Gasteiger partial charge in [-0.2, -0.15) is 5.10 Å². The molecule has 3 heterocycles. The van der Waals surface area contributed by atoms with Gasteiger partial charge in [-0.3, -0.25) is 4.68 Å². The number of pyridine rings is 1. The number of benzene rings is 1. The monoisotopic (exact) mass is 378 g/mol. The van der Waals surface area contributed by atoms with Crippen LogP contribution < -0.4 is 5.32 Å². The number of aryl methyl sites for hydroxylation is 1. The Balaban J connectivity index is 1.62. The number of esters is 1. The minimum Gasteiger partial charge on any atom is -0.465 e. The van der Waals surface area contributed by atoms with Crippen LogP contribution in [0.1, 0.15) is 22.3 Å². The van der Waals surface area contributed by atoms with E-state index < -0.39 is 12.2 Å². The lowest BCUT2D eigenvalue weighted by atomic mass is 10.2. The smallest absolute Gasteiger partial charge is 0.341 e. The fourth-order valence-electron chi connectivity index (χ4n) is 2.95. The highest BCUT2D eigenvalue weighted by Crippen LogP contribution is 2.23. The lowest BCUT2D eigenvalue weighted by Crippen LogP contribution is -2.18. The molecule has 142 valence electrons. The molecule has 0 saturated heterocycles. The molecule has 0 aliphatic carbocycles. The normalized spacial score (nSPS) is 12.1. The van der Waals surface area contributed by atoms with Crippen molar-refractivity contribution in [3.8, 4) is 11.4 Å². The summed E-state index contributed by atoms with van der Waals surface area (Å²) in [5, 5.41) is 22.0. The van der Waals surface area contributed by atoms with Gasteiger partial charge in [-0.05, 0) is 6.07 Å². The van der Waals surface area contributed by atoms with Crippen LogP contribution in [0.15, 0.2) is 54.9 Å². The van der Waals surface area contributed by atoms with E-state index in [4.69, 9.17) is 4.74 Å². The second-order valence-electron chi connectivity index (χ2n) is 6.13. The Bertz CT molecular complexity index is 1140. The first-order chi connectivity index (χ1) is 13.6. The Morgan fingerprint density at radius 3 is 2.79 bits per heavy atom. The summed E-state index contributed by atoms with van der Waals surface area (Å²) in [7, 11) is 2.92. The predicted octanol–water partition coefficient (Wildman–Crippen LogP) is 2.02. The summed E-state index contributed by atoms with van der Waals surface area (Å²) in [6.07, 6.45) is 1.94. The van der Waals surface area contributed by atoms with Gasteiger partial charge in [0.1, 0.15) is 11.3 Å². The van der Waals surface area contributed by atoms with Crippen LogP contribution in [-0.2, 0) is 11.8 Å². The number of carbonyl (C=O) groups excluding carboxylic acids is 1. The maximum Gasteiger partial charge on any atom is 0.341 e. The summed E-state index contributed by atoms with van der Waals surface area (Å²) in [4.78, 5) is 16.4. The molecular weight excluding hydrogens is 360 g/mol. The summed E-state index contributed by atoms with van der Waals surface area (Å²) < 4.78 is 7.82. The molecule has 0 aliphatic heterocycles. The third-order valence-electron chi connectivity index (χ3n) is 4.32. The zero-order valence-corrected chi connectivity index (χ0v) is 15.3. The molecule has 0 bridgehead atoms. The minimum absolute atomic E-state index is 0.194. The lowest BCUT2D eigenvalue weighted by molar-refractivity contribution is 0.0594. The van der Waals surface area contributed by atoms with Gasteiger partial charge in [0.2, 0.25) is 0 Å². The van der Waals surface area contributed by atoms with Crippen molar-refractivity contribution >= 4 is 17.3 Å². The number of aromatic nitrogens is 5. The fourth-order valence-corrected chi connectivity index (χ4v) is 2.95. The van der Waals surface area contributed by atoms with E-state index in [1.54, 1.807) is 29.9 Å². The van der Waals surface area contributed by atoms with E-state index in [9.17, 15) is 9.90 Å². The number of rotatable bonds is 5. The maximum absolute atomic E-state index is 11.9. The Morgan fingerprint density at radius 2 is 2.04 bits per heavy atom. The summed E-state index contributed by atoms with van der Waals surface area (Å²) in [6.45, 7) is 0. The van der Waals surface area contributed by atoms with Crippen molar-refractivity contribution in [2.24, 2.45) is 7.05 Å². The Hall–Kier alpha value is -3.72. The number of aliphatic hydroxyl groups is 1. The van der Waals surface area contributed by atoms with E-state index in [0.29, 0.717) is 22.9 Å². The zero-order chi connectivity index (χ0) is 19.7. The second-order valence-corrected chi connectivity index (χ2v) is 6.13. The third-order valence-corrected chi connectivity index (χ3v) is 4.32. The number of ether oxygens (including phenoxy) is 1. The molecule has 4 rings (SSSR count). The van der Waals surface area contributed by atoms with Crippen molar-refractivity contribution in [1.82, 2.24) is 24.4 Å². The van der Waals surface area contributed by atoms with Gasteiger partial charge in [-0.1, -0.05) is 30.3 Å². The summed E-state index contributed by atoms with van der Waals surface area (Å²) in [6, 6.07) is 13.2. The van der Waals surface area contributed by atoms with E-state index in [0.717, 1.165) is 5.56 Å². The number of hydrogen-bond acceptors (Lipinski definition) is 7. The topological polar surface area (TPSA) is 107 Å². The molecule has 9 heteroatoms. The van der Waals surface area contributed by atoms with Crippen LogP contribution in [0.3, 0.4) is 0 Å². The molecule has 0 fully saturated rings. The maximum atomic E-state index is 11.9. The first kappa shape index (κ1) is 17.7. The van der Waals surface area contributed by atoms with Crippen LogP contribution in [0.25, 0.3) is 17.0 Å². The summed E-state index contributed by atoms with van der Waals surface area (Å²) in [5.74, 6) is 0.0438. The standard InChI is InChI=1S/C19H18N6O3/c1-24-16(14(11-20-24)19(27)28-2)18(26)21-13-8-9-25-15(10-13)22-17(23-25)12-6-4-3-5-7-12/h3-11,18,21,26H,1-2H3. The van der Waals surface area contributed by atoms with Gasteiger partial charge in [0.15, 0.2) is 17.7 Å². The molecule has 0 aliphatic rings. The fraction of sp³-hybridized carbons (Fsp3) is 0.158. The SMILES string of the molecule is COC(=O)c1cnn(C)c1C(O)Nc1ccn2nc(-c3ccccc3)nc2c1. The van der Waals surface area contributed by atoms with E-state index in [2.05, 4.69) is 20.5 Å². The van der Waals surface area contributed by atoms with Crippen molar-refractivity contribution < 1.29 is 14.6 Å². The van der Waals surface area contributed by atoms with Gasteiger partial charge in [0.25, 0.3) is 0 Å². The van der Waals surface area contributed by atoms with Gasteiger partial charge in [-0.25, -0.2) is 14.3 Å². The second kappa shape index (κ2) is 7.12. The van der Waals surface area contributed by atoms with Gasteiger partial charge in [-0.15, -0.1) is 5.10 Å². The highest BCUT2D eigenvalue weighted by atomic mass is 16.5. The van der Waals surface area contributed by atoms with Crippen LogP contribution in [0.2, 0.25) is 0 Å². The molecule has 1 atom stereocenters. The van der Waals surface area contributed by atoms with Crippen molar-refractivity contribution in [2.45, 2.75) is 6.23 Å². The van der Waals surface area contributed by atoms with E-state index >= 15 is 0 Å². The van der Waals surface area contributed by atoms with Crippen LogP contribution in [0.5, 0.6) is 0 Å². The number of fused-ring (bicyclic) bond motifs is 1. The molecule has 3 aromatic heterocycles. The van der Waals surface area contributed by atoms with Crippen LogP contribution in [-0.4, -0.2) is 42.6 Å². The molecule has 0 saturated carbocycles. The molecule has 28 heavy (non-hydrogen) atoms. The number of nitrogens with one attached hydrogen (secondary N) is 1. The third kappa shape index (κ3) is 3.19.